The Morgan fingerprint density at radius 2 is 1.00 bits per heavy atom. The molecule has 2 nitrogen and oxygen atoms in total. The van der Waals surface area contributed by atoms with E-state index in [4.69, 9.17) is 5.11 Å². The molecule has 0 aliphatic rings. The van der Waals surface area contributed by atoms with Crippen LogP contribution in [0.5, 0.6) is 0 Å². The summed E-state index contributed by atoms with van der Waals surface area (Å²) in [6, 6.07) is 0. The number of aliphatic hydroxyl groups is 1. The van der Waals surface area contributed by atoms with E-state index in [9.17, 15) is 0 Å². The van der Waals surface area contributed by atoms with Crippen molar-refractivity contribution in [2.75, 3.05) is 33.3 Å². The molecule has 1 N–H and O–H groups in total. The number of hydrogen-bond donors (Lipinski definition) is 1. The lowest BCUT2D eigenvalue weighted by Gasteiger charge is -2.35. The van der Waals surface area contributed by atoms with E-state index in [-0.39, 0.29) is 0 Å². The highest BCUT2D eigenvalue weighted by Gasteiger charge is 2.19. The second kappa shape index (κ2) is 13.9. The van der Waals surface area contributed by atoms with Crippen molar-refractivity contribution in [3.8, 4) is 0 Å². The second-order valence-electron chi connectivity index (χ2n) is 6.70. The maximum absolute atomic E-state index is 8.97. The molecule has 20 heavy (non-hydrogen) atoms. The normalized spacial score (nSPS) is 14.4. The summed E-state index contributed by atoms with van der Waals surface area (Å²) < 4.78 is 1.23. The molecule has 0 aromatic heterocycles. The van der Waals surface area contributed by atoms with E-state index < -0.39 is 0 Å². The van der Waals surface area contributed by atoms with Crippen LogP contribution in [0.1, 0.15) is 84.5 Å². The van der Waals surface area contributed by atoms with Crippen molar-refractivity contribution in [3.05, 3.63) is 0 Å². The lowest BCUT2D eigenvalue weighted by Crippen LogP contribution is -2.46. The number of hydrogen-bond acceptors (Lipinski definition) is 1. The molecule has 0 amide bonds. The Hall–Kier alpha value is -0.0800. The lowest BCUT2D eigenvalue weighted by atomic mass is 10.1. The first-order valence-corrected chi connectivity index (χ1v) is 9.13. The Morgan fingerprint density at radius 3 is 1.55 bits per heavy atom. The van der Waals surface area contributed by atoms with Crippen molar-refractivity contribution in [3.63, 3.8) is 0 Å². The molecule has 0 rings (SSSR count). The van der Waals surface area contributed by atoms with Gasteiger partial charge in [-0.05, 0) is 38.5 Å². The average Bonchev–Trinajstić information content (AvgIpc) is 2.43. The molecule has 1 unspecified atom stereocenters. The summed E-state index contributed by atoms with van der Waals surface area (Å²) in [4.78, 5) is 0. The SMILES string of the molecule is CCCCCCCC[N+](C)(CCCCC)CCCCO. The van der Waals surface area contributed by atoms with Crippen LogP contribution in [0.4, 0.5) is 0 Å². The molecule has 0 aromatic carbocycles. The Morgan fingerprint density at radius 1 is 0.600 bits per heavy atom. The van der Waals surface area contributed by atoms with E-state index in [1.54, 1.807) is 0 Å². The Bertz CT molecular complexity index is 184. The Kier molecular flexibility index (Phi) is 13.8. The third kappa shape index (κ3) is 11.7. The molecule has 2 heteroatoms. The van der Waals surface area contributed by atoms with Crippen LogP contribution in [0.3, 0.4) is 0 Å². The summed E-state index contributed by atoms with van der Waals surface area (Å²) in [6.07, 6.45) is 14.5. The van der Waals surface area contributed by atoms with Crippen LogP contribution in [0, 0.1) is 0 Å². The van der Waals surface area contributed by atoms with Crippen molar-refractivity contribution in [2.24, 2.45) is 0 Å². The first kappa shape index (κ1) is 19.9. The van der Waals surface area contributed by atoms with Gasteiger partial charge in [-0.2, -0.15) is 0 Å². The maximum atomic E-state index is 8.97. The first-order valence-electron chi connectivity index (χ1n) is 9.13. The molecule has 0 fully saturated rings. The van der Waals surface area contributed by atoms with Gasteiger partial charge in [0.15, 0.2) is 0 Å². The Balaban J connectivity index is 3.89. The van der Waals surface area contributed by atoms with Crippen molar-refractivity contribution < 1.29 is 9.59 Å². The van der Waals surface area contributed by atoms with Crippen molar-refractivity contribution in [2.45, 2.75) is 84.5 Å². The highest BCUT2D eigenvalue weighted by molar-refractivity contribution is 4.48. The summed E-state index contributed by atoms with van der Waals surface area (Å²) in [7, 11) is 2.43. The molecule has 0 saturated heterocycles. The van der Waals surface area contributed by atoms with Crippen molar-refractivity contribution >= 4 is 0 Å². The van der Waals surface area contributed by atoms with Crippen LogP contribution < -0.4 is 0 Å². The standard InChI is InChI=1S/C18H40NO/c1-4-6-8-9-10-12-16-19(3,15-11-7-5-2)17-13-14-18-20/h20H,4-18H2,1-3H3/q+1. The predicted molar refractivity (Wildman–Crippen MR) is 90.0 cm³/mol. The van der Waals surface area contributed by atoms with Gasteiger partial charge in [0.05, 0.1) is 26.7 Å². The van der Waals surface area contributed by atoms with E-state index >= 15 is 0 Å². The summed E-state index contributed by atoms with van der Waals surface area (Å²) in [6.45, 7) is 8.83. The number of quaternary nitrogens is 1. The summed E-state index contributed by atoms with van der Waals surface area (Å²) in [5.74, 6) is 0. The number of aliphatic hydroxyl groups excluding tert-OH is 1. The van der Waals surface area contributed by atoms with Gasteiger partial charge in [0.25, 0.3) is 0 Å². The van der Waals surface area contributed by atoms with Crippen LogP contribution in [-0.4, -0.2) is 42.9 Å². The molecule has 0 bridgehead atoms. The number of unbranched alkanes of at least 4 members (excludes halogenated alkanes) is 8. The minimum Gasteiger partial charge on any atom is -0.396 e. The van der Waals surface area contributed by atoms with Gasteiger partial charge >= 0.3 is 0 Å². The van der Waals surface area contributed by atoms with Crippen LogP contribution in [0.25, 0.3) is 0 Å². The smallest absolute Gasteiger partial charge is 0.0785 e. The van der Waals surface area contributed by atoms with Gasteiger partial charge in [-0.1, -0.05) is 46.0 Å². The predicted octanol–water partition coefficient (Wildman–Crippen LogP) is 4.76. The van der Waals surface area contributed by atoms with E-state index in [1.807, 2.05) is 0 Å². The van der Waals surface area contributed by atoms with Gasteiger partial charge in [-0.15, -0.1) is 0 Å². The van der Waals surface area contributed by atoms with Gasteiger partial charge < -0.3 is 9.59 Å². The molecule has 0 aromatic rings. The van der Waals surface area contributed by atoms with Gasteiger partial charge in [0, 0.05) is 6.61 Å². The number of nitrogens with zero attached hydrogens (tertiary/aromatic N) is 1. The first-order chi connectivity index (χ1) is 9.68. The van der Waals surface area contributed by atoms with Gasteiger partial charge in [0.2, 0.25) is 0 Å². The van der Waals surface area contributed by atoms with Gasteiger partial charge in [0.1, 0.15) is 0 Å². The summed E-state index contributed by atoms with van der Waals surface area (Å²) in [5, 5.41) is 8.97. The zero-order valence-corrected chi connectivity index (χ0v) is 14.5. The van der Waals surface area contributed by atoms with Crippen LogP contribution in [0.2, 0.25) is 0 Å². The minimum absolute atomic E-state index is 0.353. The van der Waals surface area contributed by atoms with Crippen LogP contribution in [0.15, 0.2) is 0 Å². The maximum Gasteiger partial charge on any atom is 0.0785 e. The third-order valence-electron chi connectivity index (χ3n) is 4.46. The largest absolute Gasteiger partial charge is 0.396 e. The summed E-state index contributed by atoms with van der Waals surface area (Å²) >= 11 is 0. The highest BCUT2D eigenvalue weighted by Crippen LogP contribution is 2.13. The topological polar surface area (TPSA) is 20.2 Å². The average molecular weight is 287 g/mol. The van der Waals surface area contributed by atoms with Gasteiger partial charge in [-0.3, -0.25) is 0 Å². The Labute approximate surface area is 128 Å². The zero-order chi connectivity index (χ0) is 15.1. The van der Waals surface area contributed by atoms with Crippen molar-refractivity contribution in [1.82, 2.24) is 0 Å². The lowest BCUT2D eigenvalue weighted by molar-refractivity contribution is -0.910. The quantitative estimate of drug-likeness (QED) is 0.340. The molecule has 0 spiro atoms. The van der Waals surface area contributed by atoms with Gasteiger partial charge in [-0.25, -0.2) is 0 Å². The third-order valence-corrected chi connectivity index (χ3v) is 4.46. The monoisotopic (exact) mass is 286 g/mol. The molecular weight excluding hydrogens is 246 g/mol. The minimum atomic E-state index is 0.353. The second-order valence-corrected chi connectivity index (χ2v) is 6.70. The highest BCUT2D eigenvalue weighted by atomic mass is 16.2. The van der Waals surface area contributed by atoms with E-state index in [2.05, 4.69) is 20.9 Å². The molecule has 0 aliphatic carbocycles. The van der Waals surface area contributed by atoms with E-state index in [0.717, 1.165) is 6.42 Å². The fourth-order valence-electron chi connectivity index (χ4n) is 2.96. The van der Waals surface area contributed by atoms with Crippen LogP contribution >= 0.6 is 0 Å². The molecular formula is C18H40NO+. The van der Waals surface area contributed by atoms with E-state index in [0.29, 0.717) is 6.61 Å². The molecule has 0 saturated carbocycles. The molecule has 0 aliphatic heterocycles. The molecule has 122 valence electrons. The molecule has 0 radical (unpaired) electrons. The molecule has 1 atom stereocenters. The summed E-state index contributed by atoms with van der Waals surface area (Å²) in [5.41, 5.74) is 0. The number of rotatable bonds is 15. The zero-order valence-electron chi connectivity index (χ0n) is 14.5. The fourth-order valence-corrected chi connectivity index (χ4v) is 2.96. The molecule has 0 heterocycles. The van der Waals surface area contributed by atoms with Crippen LogP contribution in [-0.2, 0) is 0 Å². The van der Waals surface area contributed by atoms with E-state index in [1.165, 1.54) is 88.3 Å². The fraction of sp³-hybridized carbons (Fsp3) is 1.00. The van der Waals surface area contributed by atoms with Crippen molar-refractivity contribution in [1.29, 1.82) is 0 Å².